The highest BCUT2D eigenvalue weighted by Crippen LogP contribution is 2.32. The smallest absolute Gasteiger partial charge is 0.109 e. The molecule has 0 radical (unpaired) electrons. The number of halogens is 1. The van der Waals surface area contributed by atoms with Crippen molar-refractivity contribution in [3.05, 3.63) is 64.7 Å². The summed E-state index contributed by atoms with van der Waals surface area (Å²) in [7, 11) is 0. The number of rotatable bonds is 3. The second-order valence-electron chi connectivity index (χ2n) is 5.99. The molecule has 1 aliphatic heterocycles. The Balaban J connectivity index is 2.25. The highest BCUT2D eigenvalue weighted by molar-refractivity contribution is 7.80. The van der Waals surface area contributed by atoms with Gasteiger partial charge in [0.25, 0.3) is 0 Å². The van der Waals surface area contributed by atoms with E-state index in [0.29, 0.717) is 5.02 Å². The molecule has 0 unspecified atom stereocenters. The van der Waals surface area contributed by atoms with Crippen LogP contribution in [0.4, 0.5) is 5.69 Å². The maximum Gasteiger partial charge on any atom is 0.109 e. The lowest BCUT2D eigenvalue weighted by Gasteiger charge is -2.25. The minimum Gasteiger partial charge on any atom is -0.347 e. The standard InChI is InChI=1S/C19H19ClN2S/c1-3-11-19(2)18(23)21-16-10-9-14(20)12-15(16)17(22-19)13-7-5-4-6-8-13/h4-10,12H,3,11H2,1-2H3,(H,21,23)/t19-/m1/s1. The number of thiocarbonyl (C=S) groups is 1. The fourth-order valence-corrected chi connectivity index (χ4v) is 3.34. The van der Waals surface area contributed by atoms with Crippen molar-refractivity contribution in [2.24, 2.45) is 4.99 Å². The predicted octanol–water partition coefficient (Wildman–Crippen LogP) is 5.49. The van der Waals surface area contributed by atoms with E-state index in [-0.39, 0.29) is 0 Å². The van der Waals surface area contributed by atoms with Crippen LogP contribution in [0.1, 0.15) is 37.8 Å². The van der Waals surface area contributed by atoms with Crippen LogP contribution in [0.2, 0.25) is 5.02 Å². The van der Waals surface area contributed by atoms with Crippen LogP contribution in [0.25, 0.3) is 0 Å². The molecule has 1 atom stereocenters. The Kier molecular flexibility index (Phi) is 4.51. The molecule has 0 bridgehead atoms. The van der Waals surface area contributed by atoms with E-state index < -0.39 is 5.54 Å². The van der Waals surface area contributed by atoms with E-state index >= 15 is 0 Å². The molecule has 1 aliphatic rings. The molecule has 4 heteroatoms. The highest BCUT2D eigenvalue weighted by Gasteiger charge is 2.32. The molecule has 2 nitrogen and oxygen atoms in total. The molecular formula is C19H19ClN2S. The largest absolute Gasteiger partial charge is 0.347 e. The lowest BCUT2D eigenvalue weighted by Crippen LogP contribution is -2.36. The number of fused-ring (bicyclic) bond motifs is 1. The third-order valence-electron chi connectivity index (χ3n) is 4.12. The van der Waals surface area contributed by atoms with Gasteiger partial charge in [0.05, 0.1) is 5.71 Å². The Labute approximate surface area is 147 Å². The van der Waals surface area contributed by atoms with Crippen molar-refractivity contribution >= 4 is 40.2 Å². The zero-order chi connectivity index (χ0) is 16.4. The zero-order valence-electron chi connectivity index (χ0n) is 13.3. The molecule has 118 valence electrons. The van der Waals surface area contributed by atoms with E-state index in [1.807, 2.05) is 36.4 Å². The first-order valence-electron chi connectivity index (χ1n) is 7.80. The van der Waals surface area contributed by atoms with Gasteiger partial charge in [0.1, 0.15) is 10.5 Å². The van der Waals surface area contributed by atoms with E-state index in [2.05, 4.69) is 31.3 Å². The van der Waals surface area contributed by atoms with Gasteiger partial charge >= 0.3 is 0 Å². The van der Waals surface area contributed by atoms with Crippen molar-refractivity contribution in [3.8, 4) is 0 Å². The van der Waals surface area contributed by atoms with E-state index in [1.165, 1.54) is 0 Å². The van der Waals surface area contributed by atoms with Crippen LogP contribution in [-0.2, 0) is 0 Å². The summed E-state index contributed by atoms with van der Waals surface area (Å²) in [5, 5.41) is 4.08. The molecule has 2 aromatic rings. The number of benzodiazepines with no additional fused rings is 1. The first-order valence-corrected chi connectivity index (χ1v) is 8.59. The maximum atomic E-state index is 6.24. The first-order chi connectivity index (χ1) is 11.0. The van der Waals surface area contributed by atoms with Gasteiger partial charge in [0.2, 0.25) is 0 Å². The van der Waals surface area contributed by atoms with E-state index in [9.17, 15) is 0 Å². The SMILES string of the molecule is CCC[C@@]1(C)N=C(c2ccccc2)c2cc(Cl)ccc2NC1=S. The molecule has 23 heavy (non-hydrogen) atoms. The van der Waals surface area contributed by atoms with E-state index in [4.69, 9.17) is 28.8 Å². The van der Waals surface area contributed by atoms with Crippen LogP contribution in [0.15, 0.2) is 53.5 Å². The molecule has 0 saturated heterocycles. The topological polar surface area (TPSA) is 24.4 Å². The molecule has 3 rings (SSSR count). The molecular weight excluding hydrogens is 324 g/mol. The molecule has 0 saturated carbocycles. The van der Waals surface area contributed by atoms with Gasteiger partial charge in [-0.2, -0.15) is 0 Å². The van der Waals surface area contributed by atoms with Crippen LogP contribution < -0.4 is 5.32 Å². The Hall–Kier alpha value is -1.71. The van der Waals surface area contributed by atoms with Crippen molar-refractivity contribution in [2.45, 2.75) is 32.2 Å². The summed E-state index contributed by atoms with van der Waals surface area (Å²) in [5.74, 6) is 0. The summed E-state index contributed by atoms with van der Waals surface area (Å²) in [6.45, 7) is 4.25. The lowest BCUT2D eigenvalue weighted by atomic mass is 9.95. The van der Waals surface area contributed by atoms with Crippen LogP contribution in [0.3, 0.4) is 0 Å². The number of benzene rings is 2. The quantitative estimate of drug-likeness (QED) is 0.746. The van der Waals surface area contributed by atoms with Gasteiger partial charge in [-0.25, -0.2) is 0 Å². The fourth-order valence-electron chi connectivity index (χ4n) is 2.91. The Morgan fingerprint density at radius 2 is 1.91 bits per heavy atom. The molecule has 1 heterocycles. The Morgan fingerprint density at radius 3 is 2.61 bits per heavy atom. The lowest BCUT2D eigenvalue weighted by molar-refractivity contribution is 0.569. The average molecular weight is 343 g/mol. The van der Waals surface area contributed by atoms with Crippen LogP contribution >= 0.6 is 23.8 Å². The minimum absolute atomic E-state index is 0.416. The van der Waals surface area contributed by atoms with E-state index in [1.54, 1.807) is 0 Å². The maximum absolute atomic E-state index is 6.24. The van der Waals surface area contributed by atoms with Crippen molar-refractivity contribution in [1.29, 1.82) is 0 Å². The normalized spacial score (nSPS) is 20.3. The van der Waals surface area contributed by atoms with Gasteiger partial charge < -0.3 is 5.32 Å². The Bertz CT molecular complexity index is 770. The predicted molar refractivity (Wildman–Crippen MR) is 103 cm³/mol. The highest BCUT2D eigenvalue weighted by atomic mass is 35.5. The van der Waals surface area contributed by atoms with Crippen molar-refractivity contribution in [1.82, 2.24) is 0 Å². The van der Waals surface area contributed by atoms with Crippen molar-refractivity contribution in [2.75, 3.05) is 5.32 Å². The summed E-state index contributed by atoms with van der Waals surface area (Å²) in [4.78, 5) is 5.84. The first kappa shape index (κ1) is 16.2. The second kappa shape index (κ2) is 6.42. The van der Waals surface area contributed by atoms with Gasteiger partial charge in [-0.3, -0.25) is 4.99 Å². The molecule has 0 spiro atoms. The van der Waals surface area contributed by atoms with Gasteiger partial charge in [-0.15, -0.1) is 0 Å². The zero-order valence-corrected chi connectivity index (χ0v) is 14.8. The molecule has 0 aromatic heterocycles. The van der Waals surface area contributed by atoms with E-state index in [0.717, 1.165) is 40.4 Å². The minimum atomic E-state index is -0.416. The van der Waals surface area contributed by atoms with Crippen LogP contribution in [0.5, 0.6) is 0 Å². The number of nitrogens with one attached hydrogen (secondary N) is 1. The third kappa shape index (κ3) is 3.17. The van der Waals surface area contributed by atoms with Crippen LogP contribution in [-0.4, -0.2) is 16.2 Å². The fraction of sp³-hybridized carbons (Fsp3) is 0.263. The number of hydrogen-bond acceptors (Lipinski definition) is 2. The number of aliphatic imine (C=N–C) groups is 1. The second-order valence-corrected chi connectivity index (χ2v) is 6.84. The summed E-state index contributed by atoms with van der Waals surface area (Å²) < 4.78 is 0. The monoisotopic (exact) mass is 342 g/mol. The number of hydrogen-bond donors (Lipinski definition) is 1. The molecule has 0 fully saturated rings. The summed E-state index contributed by atoms with van der Waals surface area (Å²) in [5.41, 5.74) is 3.55. The molecule has 0 amide bonds. The van der Waals surface area contributed by atoms with Crippen molar-refractivity contribution in [3.63, 3.8) is 0 Å². The molecule has 1 N–H and O–H groups in total. The summed E-state index contributed by atoms with van der Waals surface area (Å²) in [6.07, 6.45) is 1.91. The number of anilines is 1. The summed E-state index contributed by atoms with van der Waals surface area (Å²) in [6, 6.07) is 16.0. The van der Waals surface area contributed by atoms with Gasteiger partial charge in [-0.05, 0) is 31.5 Å². The molecule has 2 aromatic carbocycles. The number of nitrogens with zero attached hydrogens (tertiary/aromatic N) is 1. The van der Waals surface area contributed by atoms with Gasteiger partial charge in [0.15, 0.2) is 0 Å². The molecule has 0 aliphatic carbocycles. The van der Waals surface area contributed by atoms with Crippen LogP contribution in [0, 0.1) is 0 Å². The van der Waals surface area contributed by atoms with Gasteiger partial charge in [0, 0.05) is 21.8 Å². The van der Waals surface area contributed by atoms with Crippen molar-refractivity contribution < 1.29 is 0 Å². The summed E-state index contributed by atoms with van der Waals surface area (Å²) >= 11 is 11.9. The third-order valence-corrected chi connectivity index (χ3v) is 4.89. The Morgan fingerprint density at radius 1 is 1.17 bits per heavy atom. The average Bonchev–Trinajstić information content (AvgIpc) is 2.65. The van der Waals surface area contributed by atoms with Gasteiger partial charge in [-0.1, -0.05) is 67.5 Å².